The van der Waals surface area contributed by atoms with Crippen LogP contribution in [-0.4, -0.2) is 40.6 Å². The van der Waals surface area contributed by atoms with Gasteiger partial charge in [-0.05, 0) is 80.2 Å². The van der Waals surface area contributed by atoms with Crippen molar-refractivity contribution in [2.75, 3.05) is 19.6 Å². The Hall–Kier alpha value is -3.21. The molecule has 1 aliphatic heterocycles. The first-order chi connectivity index (χ1) is 15.6. The van der Waals surface area contributed by atoms with Gasteiger partial charge >= 0.3 is 0 Å². The smallest absolute Gasteiger partial charge is 0.292 e. The molecule has 1 aromatic heterocycles. The number of nitriles is 1. The number of benzene rings is 2. The molecule has 32 heavy (non-hydrogen) atoms. The van der Waals surface area contributed by atoms with E-state index in [2.05, 4.69) is 38.6 Å². The predicted octanol–water partition coefficient (Wildman–Crippen LogP) is 4.29. The lowest BCUT2D eigenvalue weighted by atomic mass is 9.93. The van der Waals surface area contributed by atoms with Gasteiger partial charge < -0.3 is 9.84 Å². The van der Waals surface area contributed by atoms with E-state index in [9.17, 15) is 4.79 Å². The maximum atomic E-state index is 12.4. The van der Waals surface area contributed by atoms with Gasteiger partial charge in [0.1, 0.15) is 0 Å². The lowest BCUT2D eigenvalue weighted by molar-refractivity contribution is 0.0934. The third-order valence-corrected chi connectivity index (χ3v) is 6.01. The van der Waals surface area contributed by atoms with Gasteiger partial charge in [-0.3, -0.25) is 9.69 Å². The molecule has 1 amide bonds. The second-order valence-electron chi connectivity index (χ2n) is 8.00. The van der Waals surface area contributed by atoms with Crippen LogP contribution in [0.25, 0.3) is 11.5 Å². The van der Waals surface area contributed by atoms with Gasteiger partial charge in [0.05, 0.1) is 11.6 Å². The minimum atomic E-state index is -0.339. The molecular formula is C24H24ClN5O2. The van der Waals surface area contributed by atoms with Crippen LogP contribution in [0, 0.1) is 17.2 Å². The minimum absolute atomic E-state index is 0.0159. The summed E-state index contributed by atoms with van der Waals surface area (Å²) < 4.78 is 5.19. The molecule has 4 rings (SSSR count). The fraction of sp³-hybridized carbons (Fsp3) is 0.333. The molecule has 7 nitrogen and oxygen atoms in total. The number of likely N-dealkylation sites (tertiary alicyclic amines) is 1. The topological polar surface area (TPSA) is 95.0 Å². The second kappa shape index (κ2) is 10.4. The molecule has 1 N–H and O–H groups in total. The van der Waals surface area contributed by atoms with E-state index < -0.39 is 0 Å². The van der Waals surface area contributed by atoms with Crippen molar-refractivity contribution >= 4 is 17.5 Å². The molecule has 164 valence electrons. The summed E-state index contributed by atoms with van der Waals surface area (Å²) in [6, 6.07) is 16.8. The van der Waals surface area contributed by atoms with Crippen LogP contribution in [0.15, 0.2) is 53.1 Å². The van der Waals surface area contributed by atoms with Gasteiger partial charge in [-0.25, -0.2) is 0 Å². The maximum absolute atomic E-state index is 12.4. The van der Waals surface area contributed by atoms with Gasteiger partial charge in [0.15, 0.2) is 0 Å². The highest BCUT2D eigenvalue weighted by Crippen LogP contribution is 2.22. The number of carbonyl (C=O) groups is 1. The van der Waals surface area contributed by atoms with E-state index in [4.69, 9.17) is 21.4 Å². The number of piperidine rings is 1. The zero-order chi connectivity index (χ0) is 22.3. The Bertz CT molecular complexity index is 1080. The zero-order valence-corrected chi connectivity index (χ0v) is 18.4. The third kappa shape index (κ3) is 5.72. The molecule has 0 saturated carbocycles. The summed E-state index contributed by atoms with van der Waals surface area (Å²) in [5.41, 5.74) is 2.49. The molecule has 1 saturated heterocycles. The average Bonchev–Trinajstić information content (AvgIpc) is 3.32. The molecule has 2 aromatic carbocycles. The van der Waals surface area contributed by atoms with Crippen LogP contribution < -0.4 is 5.32 Å². The first-order valence-corrected chi connectivity index (χ1v) is 11.1. The van der Waals surface area contributed by atoms with Crippen molar-refractivity contribution in [2.45, 2.75) is 25.8 Å². The summed E-state index contributed by atoms with van der Waals surface area (Å²) in [6.45, 7) is 3.64. The number of carbonyl (C=O) groups excluding carboxylic acids is 1. The van der Waals surface area contributed by atoms with E-state index in [1.807, 2.05) is 12.1 Å². The highest BCUT2D eigenvalue weighted by molar-refractivity contribution is 6.30. The number of hydrogen-bond donors (Lipinski definition) is 1. The molecule has 1 aliphatic rings. The molecule has 3 aromatic rings. The summed E-state index contributed by atoms with van der Waals surface area (Å²) in [5, 5.41) is 16.3. The van der Waals surface area contributed by atoms with Crippen molar-refractivity contribution in [3.63, 3.8) is 0 Å². The lowest BCUT2D eigenvalue weighted by Gasteiger charge is -2.32. The average molecular weight is 450 g/mol. The first kappa shape index (κ1) is 22.0. The van der Waals surface area contributed by atoms with Crippen molar-refractivity contribution in [3.8, 4) is 17.5 Å². The van der Waals surface area contributed by atoms with Gasteiger partial charge in [0.25, 0.3) is 17.6 Å². The molecule has 0 aliphatic carbocycles. The van der Waals surface area contributed by atoms with E-state index in [0.29, 0.717) is 23.6 Å². The van der Waals surface area contributed by atoms with Crippen LogP contribution in [0.4, 0.5) is 0 Å². The van der Waals surface area contributed by atoms with Crippen LogP contribution >= 0.6 is 11.6 Å². The Kier molecular flexibility index (Phi) is 7.15. The van der Waals surface area contributed by atoms with Gasteiger partial charge in [-0.2, -0.15) is 10.2 Å². The van der Waals surface area contributed by atoms with E-state index >= 15 is 0 Å². The minimum Gasteiger partial charge on any atom is -0.349 e. The van der Waals surface area contributed by atoms with Crippen molar-refractivity contribution in [3.05, 3.63) is 70.5 Å². The number of aromatic nitrogens is 2. The second-order valence-corrected chi connectivity index (χ2v) is 8.44. The fourth-order valence-corrected chi connectivity index (χ4v) is 4.00. The standard InChI is InChI=1S/C24H24ClN5O2/c25-21-7-3-19(4-8-21)16-30-13-10-17(11-14-30)9-12-27-23(31)22-28-24(32-29-22)20-5-1-18(15-26)2-6-20/h1-8,17H,9-14,16H2,(H,27,31). The van der Waals surface area contributed by atoms with Gasteiger partial charge in [0.2, 0.25) is 0 Å². The first-order valence-electron chi connectivity index (χ1n) is 10.7. The van der Waals surface area contributed by atoms with Crippen molar-refractivity contribution in [1.82, 2.24) is 20.4 Å². The summed E-state index contributed by atoms with van der Waals surface area (Å²) in [7, 11) is 0. The number of halogens is 1. The van der Waals surface area contributed by atoms with Crippen LogP contribution in [0.3, 0.4) is 0 Å². The Labute approximate surface area is 192 Å². The summed E-state index contributed by atoms with van der Waals surface area (Å²) in [5.74, 6) is 0.528. The number of hydrogen-bond acceptors (Lipinski definition) is 6. The molecule has 8 heteroatoms. The molecule has 2 heterocycles. The summed E-state index contributed by atoms with van der Waals surface area (Å²) in [4.78, 5) is 19.0. The molecule has 1 fully saturated rings. The molecule has 0 unspecified atom stereocenters. The van der Waals surface area contributed by atoms with Crippen LogP contribution in [0.2, 0.25) is 5.02 Å². The number of rotatable bonds is 7. The summed E-state index contributed by atoms with van der Waals surface area (Å²) >= 11 is 5.96. The van der Waals surface area contributed by atoms with Crippen molar-refractivity contribution < 1.29 is 9.32 Å². The number of nitrogens with zero attached hydrogens (tertiary/aromatic N) is 4. The molecule has 0 radical (unpaired) electrons. The predicted molar refractivity (Wildman–Crippen MR) is 121 cm³/mol. The van der Waals surface area contributed by atoms with Crippen LogP contribution in [0.5, 0.6) is 0 Å². The Balaban J connectivity index is 1.19. The van der Waals surface area contributed by atoms with Crippen LogP contribution in [-0.2, 0) is 6.54 Å². The van der Waals surface area contributed by atoms with E-state index in [1.54, 1.807) is 24.3 Å². The molecular weight excluding hydrogens is 426 g/mol. The lowest BCUT2D eigenvalue weighted by Crippen LogP contribution is -2.35. The Morgan fingerprint density at radius 3 is 2.56 bits per heavy atom. The molecule has 0 atom stereocenters. The van der Waals surface area contributed by atoms with Crippen LogP contribution in [0.1, 0.15) is 41.0 Å². The maximum Gasteiger partial charge on any atom is 0.292 e. The monoisotopic (exact) mass is 449 g/mol. The van der Waals surface area contributed by atoms with Crippen molar-refractivity contribution in [1.29, 1.82) is 5.26 Å². The highest BCUT2D eigenvalue weighted by atomic mass is 35.5. The number of amides is 1. The normalized spacial score (nSPS) is 14.8. The molecule has 0 spiro atoms. The molecule has 0 bridgehead atoms. The van der Waals surface area contributed by atoms with E-state index in [1.165, 1.54) is 5.56 Å². The van der Waals surface area contributed by atoms with E-state index in [0.717, 1.165) is 43.9 Å². The van der Waals surface area contributed by atoms with Gasteiger partial charge in [0, 0.05) is 23.7 Å². The van der Waals surface area contributed by atoms with Gasteiger partial charge in [-0.1, -0.05) is 28.9 Å². The van der Waals surface area contributed by atoms with Crippen molar-refractivity contribution in [2.24, 2.45) is 5.92 Å². The highest BCUT2D eigenvalue weighted by Gasteiger charge is 2.20. The summed E-state index contributed by atoms with van der Waals surface area (Å²) in [6.07, 6.45) is 3.17. The largest absolute Gasteiger partial charge is 0.349 e. The Morgan fingerprint density at radius 2 is 1.88 bits per heavy atom. The zero-order valence-electron chi connectivity index (χ0n) is 17.6. The third-order valence-electron chi connectivity index (χ3n) is 5.75. The Morgan fingerprint density at radius 1 is 1.16 bits per heavy atom. The number of nitrogens with one attached hydrogen (secondary N) is 1. The van der Waals surface area contributed by atoms with E-state index in [-0.39, 0.29) is 17.6 Å². The fourth-order valence-electron chi connectivity index (χ4n) is 3.87. The quantitative estimate of drug-likeness (QED) is 0.578. The SMILES string of the molecule is N#Cc1ccc(-c2nc(C(=O)NCCC3CCN(Cc4ccc(Cl)cc4)CC3)no2)cc1. The van der Waals surface area contributed by atoms with Gasteiger partial charge in [-0.15, -0.1) is 0 Å².